The maximum atomic E-state index is 13.9. The Morgan fingerprint density at radius 2 is 1.86 bits per heavy atom. The Morgan fingerprint density at radius 1 is 1.03 bits per heavy atom. The molecule has 2 saturated heterocycles. The number of pyridine rings is 1. The lowest BCUT2D eigenvalue weighted by Crippen LogP contribution is -2.52. The third kappa shape index (κ3) is 5.29. The maximum absolute atomic E-state index is 13.9. The first-order valence-electron chi connectivity index (χ1n) is 12.5. The van der Waals surface area contributed by atoms with Crippen molar-refractivity contribution in [3.63, 3.8) is 0 Å². The van der Waals surface area contributed by atoms with Gasteiger partial charge >= 0.3 is 0 Å². The molecule has 0 amide bonds. The molecule has 10 heteroatoms. The highest BCUT2D eigenvalue weighted by Gasteiger charge is 2.29. The van der Waals surface area contributed by atoms with Crippen molar-refractivity contribution in [2.24, 2.45) is 0 Å². The van der Waals surface area contributed by atoms with E-state index in [1.165, 1.54) is 6.07 Å². The van der Waals surface area contributed by atoms with Gasteiger partial charge in [-0.2, -0.15) is 10.2 Å². The van der Waals surface area contributed by atoms with Gasteiger partial charge in [0.05, 0.1) is 28.2 Å². The minimum Gasteiger partial charge on any atom is -0.352 e. The fourth-order valence-corrected chi connectivity index (χ4v) is 5.60. The van der Waals surface area contributed by atoms with Gasteiger partial charge in [-0.3, -0.25) is 0 Å². The van der Waals surface area contributed by atoms with Crippen LogP contribution in [0.1, 0.15) is 32.3 Å². The van der Waals surface area contributed by atoms with Gasteiger partial charge in [0.2, 0.25) is 5.95 Å². The zero-order chi connectivity index (χ0) is 26.1. The summed E-state index contributed by atoms with van der Waals surface area (Å²) in [7, 11) is 0. The van der Waals surface area contributed by atoms with Crippen LogP contribution in [0.25, 0.3) is 11.3 Å². The second kappa shape index (κ2) is 10.7. The van der Waals surface area contributed by atoms with Gasteiger partial charge in [0.15, 0.2) is 0 Å². The average Bonchev–Trinajstić information content (AvgIpc) is 3.31. The summed E-state index contributed by atoms with van der Waals surface area (Å²) in [4.78, 5) is 21.1. The van der Waals surface area contributed by atoms with Crippen LogP contribution in [0.4, 0.5) is 22.0 Å². The number of anilines is 3. The second-order valence-electron chi connectivity index (χ2n) is 9.70. The molecule has 0 unspecified atom stereocenters. The van der Waals surface area contributed by atoms with Crippen LogP contribution in [-0.4, -0.2) is 53.2 Å². The molecule has 2 atom stereocenters. The Bertz CT molecular complexity index is 1340. The van der Waals surface area contributed by atoms with Gasteiger partial charge in [-0.15, -0.1) is 0 Å². The Kier molecular flexibility index (Phi) is 7.36. The van der Waals surface area contributed by atoms with Crippen molar-refractivity contribution in [3.8, 4) is 17.3 Å². The van der Waals surface area contributed by atoms with Crippen molar-refractivity contribution in [3.05, 3.63) is 58.0 Å². The molecule has 1 aromatic carbocycles. The summed E-state index contributed by atoms with van der Waals surface area (Å²) >= 11 is 12.6. The van der Waals surface area contributed by atoms with E-state index in [-0.39, 0.29) is 17.5 Å². The van der Waals surface area contributed by atoms with Crippen molar-refractivity contribution in [1.82, 2.24) is 15.0 Å². The van der Waals surface area contributed by atoms with Crippen LogP contribution in [-0.2, 0) is 6.42 Å². The van der Waals surface area contributed by atoms with Crippen molar-refractivity contribution in [2.75, 3.05) is 40.9 Å². The Balaban J connectivity index is 1.45. The van der Waals surface area contributed by atoms with Gasteiger partial charge < -0.3 is 14.7 Å². The summed E-state index contributed by atoms with van der Waals surface area (Å²) in [5.41, 5.74) is 2.28. The van der Waals surface area contributed by atoms with Gasteiger partial charge in [0.25, 0.3) is 0 Å². The number of benzene rings is 1. The second-order valence-corrected chi connectivity index (χ2v) is 10.5. The molecular weight excluding hydrogens is 512 g/mol. The first-order chi connectivity index (χ1) is 17.8. The van der Waals surface area contributed by atoms with E-state index in [9.17, 15) is 4.39 Å². The van der Waals surface area contributed by atoms with Gasteiger partial charge in [0, 0.05) is 56.1 Å². The van der Waals surface area contributed by atoms with E-state index in [0.29, 0.717) is 35.8 Å². The average molecular weight is 540 g/mol. The van der Waals surface area contributed by atoms with Crippen LogP contribution >= 0.6 is 23.2 Å². The molecule has 0 bridgehead atoms. The van der Waals surface area contributed by atoms with Gasteiger partial charge in [0.1, 0.15) is 17.5 Å². The van der Waals surface area contributed by atoms with Crippen LogP contribution in [0.15, 0.2) is 36.5 Å². The molecular formula is C27H28Cl2FN7. The van der Waals surface area contributed by atoms with Crippen molar-refractivity contribution in [1.29, 1.82) is 5.26 Å². The molecule has 37 heavy (non-hydrogen) atoms. The largest absolute Gasteiger partial charge is 0.352 e. The predicted molar refractivity (Wildman–Crippen MR) is 146 cm³/mol. The number of nitriles is 1. The van der Waals surface area contributed by atoms with Crippen molar-refractivity contribution >= 4 is 40.8 Å². The molecule has 0 aliphatic carbocycles. The lowest BCUT2D eigenvalue weighted by atomic mass is 10.1. The fraction of sp³-hybridized carbons (Fsp3) is 0.407. The van der Waals surface area contributed by atoms with Crippen LogP contribution in [0.5, 0.6) is 0 Å². The zero-order valence-corrected chi connectivity index (χ0v) is 22.3. The van der Waals surface area contributed by atoms with E-state index in [0.717, 1.165) is 48.7 Å². The number of hydrogen-bond acceptors (Lipinski definition) is 7. The minimum atomic E-state index is -0.453. The van der Waals surface area contributed by atoms with Crippen LogP contribution < -0.4 is 14.7 Å². The minimum absolute atomic E-state index is 0.0703. The lowest BCUT2D eigenvalue weighted by molar-refractivity contribution is 0.542. The van der Waals surface area contributed by atoms with Gasteiger partial charge in [-0.05, 0) is 56.5 Å². The Hall–Kier alpha value is -3.15. The van der Waals surface area contributed by atoms with Gasteiger partial charge in [-0.1, -0.05) is 23.2 Å². The predicted octanol–water partition coefficient (Wildman–Crippen LogP) is 5.75. The van der Waals surface area contributed by atoms with E-state index < -0.39 is 5.82 Å². The summed E-state index contributed by atoms with van der Waals surface area (Å²) in [5.74, 6) is 1.79. The molecule has 2 fully saturated rings. The van der Waals surface area contributed by atoms with Crippen molar-refractivity contribution in [2.45, 2.75) is 45.2 Å². The summed E-state index contributed by atoms with van der Waals surface area (Å²) in [6.07, 6.45) is 4.20. The first kappa shape index (κ1) is 25.5. The van der Waals surface area contributed by atoms with E-state index in [1.807, 2.05) is 12.1 Å². The third-order valence-corrected chi connectivity index (χ3v) is 7.68. The molecule has 2 aliphatic heterocycles. The molecule has 7 nitrogen and oxygen atoms in total. The summed E-state index contributed by atoms with van der Waals surface area (Å²) in [6.45, 7) is 7.39. The Labute approximate surface area is 226 Å². The summed E-state index contributed by atoms with van der Waals surface area (Å²) < 4.78 is 13.9. The highest BCUT2D eigenvalue weighted by Crippen LogP contribution is 2.33. The standard InChI is InChI=1S/C27H28Cl2FN7/c1-17-4-3-9-37(17)27-33-24(20-5-6-23(30)21(28)13-20)14-25(34-27)36-11-10-35(16-18(36)2)26-22(29)12-19(7-8-31)15-32-26/h5-6,12-15,17-18H,3-4,7,9-11,16H2,1-2H3/t17-,18-/m1/s1. The van der Waals surface area contributed by atoms with E-state index in [1.54, 1.807) is 18.3 Å². The highest BCUT2D eigenvalue weighted by atomic mass is 35.5. The number of nitrogens with zero attached hydrogens (tertiary/aromatic N) is 7. The van der Waals surface area contributed by atoms with Crippen LogP contribution in [0.3, 0.4) is 0 Å². The number of rotatable bonds is 5. The molecule has 2 aliphatic rings. The number of aromatic nitrogens is 3. The van der Waals surface area contributed by atoms with E-state index in [4.69, 9.17) is 38.4 Å². The van der Waals surface area contributed by atoms with Gasteiger partial charge in [-0.25, -0.2) is 14.4 Å². The topological polar surface area (TPSA) is 72.2 Å². The summed E-state index contributed by atoms with van der Waals surface area (Å²) in [6, 6.07) is 11.1. The fourth-order valence-electron chi connectivity index (χ4n) is 5.11. The highest BCUT2D eigenvalue weighted by molar-refractivity contribution is 6.33. The normalized spacial score (nSPS) is 19.8. The molecule has 2 aromatic heterocycles. The molecule has 4 heterocycles. The van der Waals surface area contributed by atoms with Crippen LogP contribution in [0.2, 0.25) is 10.0 Å². The van der Waals surface area contributed by atoms with E-state index in [2.05, 4.69) is 39.6 Å². The first-order valence-corrected chi connectivity index (χ1v) is 13.2. The number of piperazine rings is 1. The monoisotopic (exact) mass is 539 g/mol. The molecule has 5 rings (SSSR count). The molecule has 192 valence electrons. The smallest absolute Gasteiger partial charge is 0.228 e. The molecule has 0 spiro atoms. The molecule has 0 saturated carbocycles. The molecule has 3 aromatic rings. The number of hydrogen-bond donors (Lipinski definition) is 0. The summed E-state index contributed by atoms with van der Waals surface area (Å²) in [5, 5.41) is 9.57. The molecule has 0 N–H and O–H groups in total. The lowest BCUT2D eigenvalue weighted by Gasteiger charge is -2.41. The maximum Gasteiger partial charge on any atom is 0.228 e. The van der Waals surface area contributed by atoms with E-state index >= 15 is 0 Å². The SMILES string of the molecule is C[C@@H]1CN(c2ncc(CC#N)cc2Cl)CCN1c1cc(-c2ccc(F)c(Cl)c2)nc(N2CCC[C@H]2C)n1. The zero-order valence-electron chi connectivity index (χ0n) is 20.8. The molecule has 0 radical (unpaired) electrons. The van der Waals surface area contributed by atoms with Crippen LogP contribution in [0, 0.1) is 17.1 Å². The quantitative estimate of drug-likeness (QED) is 0.408. The number of halogens is 3. The third-order valence-electron chi connectivity index (χ3n) is 7.11. The Morgan fingerprint density at radius 3 is 2.54 bits per heavy atom. The van der Waals surface area contributed by atoms with Crippen molar-refractivity contribution < 1.29 is 4.39 Å².